The van der Waals surface area contributed by atoms with Crippen LogP contribution in [-0.4, -0.2) is 55.9 Å². The number of piperidine rings is 1. The minimum atomic E-state index is -3.19. The van der Waals surface area contributed by atoms with Gasteiger partial charge in [-0.15, -0.1) is 0 Å². The summed E-state index contributed by atoms with van der Waals surface area (Å²) >= 11 is 0. The number of nitrogens with zero attached hydrogens (tertiary/aromatic N) is 1. The van der Waals surface area contributed by atoms with E-state index in [0.29, 0.717) is 62.4 Å². The normalized spacial score (nSPS) is 20.4. The SMILES string of the molecule is Cc1cc(OC2CCN(S(C)(=O)=O)CC2)cc(C)c1-c1ccc(F)c2c1CC[C@H]2Oc1ccc2c(c1)OC[C@H]2CC(=O)O. The van der Waals surface area contributed by atoms with Crippen molar-refractivity contribution < 1.29 is 36.9 Å². The molecule has 1 aliphatic carbocycles. The molecule has 1 N–H and O–H groups in total. The summed E-state index contributed by atoms with van der Waals surface area (Å²) < 4.78 is 58.8. The van der Waals surface area contributed by atoms with Crippen molar-refractivity contribution in [3.05, 3.63) is 76.1 Å². The molecule has 2 atom stereocenters. The molecule has 0 amide bonds. The number of halogens is 1. The first-order chi connectivity index (χ1) is 20.5. The molecule has 1 saturated heterocycles. The summed E-state index contributed by atoms with van der Waals surface area (Å²) in [5.74, 6) is 0.580. The molecular formula is C33H36FNO7S. The number of carboxylic acid groups (broad SMARTS) is 1. The number of ether oxygens (including phenoxy) is 3. The average molecular weight is 610 g/mol. The summed E-state index contributed by atoms with van der Waals surface area (Å²) in [6, 6.07) is 12.8. The lowest BCUT2D eigenvalue weighted by Crippen LogP contribution is -2.41. The molecule has 0 bridgehead atoms. The first kappa shape index (κ1) is 29.4. The Morgan fingerprint density at radius 2 is 1.74 bits per heavy atom. The molecule has 2 aliphatic heterocycles. The Labute approximate surface area is 251 Å². The van der Waals surface area contributed by atoms with Crippen LogP contribution in [0.15, 0.2) is 42.5 Å². The predicted molar refractivity (Wildman–Crippen MR) is 160 cm³/mol. The molecule has 6 rings (SSSR count). The Kier molecular flexibility index (Phi) is 7.85. The highest BCUT2D eigenvalue weighted by atomic mass is 32.2. The Balaban J connectivity index is 1.21. The molecule has 0 aromatic heterocycles. The number of hydrogen-bond donors (Lipinski definition) is 1. The van der Waals surface area contributed by atoms with E-state index in [4.69, 9.17) is 14.2 Å². The molecular weight excluding hydrogens is 573 g/mol. The number of fused-ring (bicyclic) bond motifs is 2. The zero-order valence-corrected chi connectivity index (χ0v) is 25.4. The lowest BCUT2D eigenvalue weighted by atomic mass is 9.90. The van der Waals surface area contributed by atoms with Crippen molar-refractivity contribution in [1.29, 1.82) is 0 Å². The van der Waals surface area contributed by atoms with Crippen LogP contribution in [0.5, 0.6) is 17.2 Å². The van der Waals surface area contributed by atoms with Crippen molar-refractivity contribution in [3.8, 4) is 28.4 Å². The van der Waals surface area contributed by atoms with Crippen LogP contribution in [0.4, 0.5) is 4.39 Å². The van der Waals surface area contributed by atoms with Gasteiger partial charge in [0.05, 0.1) is 19.3 Å². The topological polar surface area (TPSA) is 102 Å². The molecule has 3 aliphatic rings. The van der Waals surface area contributed by atoms with E-state index >= 15 is 4.39 Å². The van der Waals surface area contributed by atoms with E-state index in [9.17, 15) is 18.3 Å². The van der Waals surface area contributed by atoms with E-state index < -0.39 is 22.1 Å². The van der Waals surface area contributed by atoms with Gasteiger partial charge in [0.15, 0.2) is 0 Å². The molecule has 1 fully saturated rings. The van der Waals surface area contributed by atoms with Gasteiger partial charge in [0, 0.05) is 36.2 Å². The van der Waals surface area contributed by atoms with E-state index in [2.05, 4.69) is 0 Å². The molecule has 2 heterocycles. The molecule has 0 radical (unpaired) electrons. The smallest absolute Gasteiger partial charge is 0.304 e. The van der Waals surface area contributed by atoms with Crippen LogP contribution >= 0.6 is 0 Å². The van der Waals surface area contributed by atoms with Crippen LogP contribution in [0, 0.1) is 19.7 Å². The lowest BCUT2D eigenvalue weighted by Gasteiger charge is -2.30. The summed E-state index contributed by atoms with van der Waals surface area (Å²) in [4.78, 5) is 11.2. The predicted octanol–water partition coefficient (Wildman–Crippen LogP) is 5.93. The van der Waals surface area contributed by atoms with Crippen LogP contribution in [0.2, 0.25) is 0 Å². The lowest BCUT2D eigenvalue weighted by molar-refractivity contribution is -0.137. The maximum absolute atomic E-state index is 15.3. The fourth-order valence-corrected chi connectivity index (χ4v) is 7.66. The van der Waals surface area contributed by atoms with Gasteiger partial charge in [-0.1, -0.05) is 12.1 Å². The molecule has 0 saturated carbocycles. The maximum atomic E-state index is 15.3. The zero-order chi connectivity index (χ0) is 30.5. The number of aliphatic carboxylic acids is 1. The number of carbonyl (C=O) groups is 1. The molecule has 0 unspecified atom stereocenters. The van der Waals surface area contributed by atoms with Gasteiger partial charge in [0.25, 0.3) is 0 Å². The van der Waals surface area contributed by atoms with Gasteiger partial charge >= 0.3 is 5.97 Å². The fraction of sp³-hybridized carbons (Fsp3) is 0.424. The molecule has 228 valence electrons. The van der Waals surface area contributed by atoms with E-state index in [1.807, 2.05) is 38.1 Å². The Morgan fingerprint density at radius 1 is 1.02 bits per heavy atom. The third-order valence-corrected chi connectivity index (χ3v) is 10.1. The number of rotatable bonds is 8. The van der Waals surface area contributed by atoms with Crippen LogP contribution in [-0.2, 0) is 21.2 Å². The minimum absolute atomic E-state index is 0.00777. The number of aryl methyl sites for hydroxylation is 2. The first-order valence-electron chi connectivity index (χ1n) is 14.7. The van der Waals surface area contributed by atoms with Crippen molar-refractivity contribution in [2.45, 2.75) is 64.1 Å². The Hall–Kier alpha value is -3.63. The van der Waals surface area contributed by atoms with Gasteiger partial charge in [-0.05, 0) is 91.6 Å². The summed E-state index contributed by atoms with van der Waals surface area (Å²) in [7, 11) is -3.19. The van der Waals surface area contributed by atoms with Gasteiger partial charge in [0.2, 0.25) is 10.0 Å². The Morgan fingerprint density at radius 3 is 2.42 bits per heavy atom. The summed E-state index contributed by atoms with van der Waals surface area (Å²) in [5.41, 5.74) is 6.44. The number of sulfonamides is 1. The van der Waals surface area contributed by atoms with Crippen LogP contribution in [0.3, 0.4) is 0 Å². The Bertz CT molecular complexity index is 1660. The van der Waals surface area contributed by atoms with Crippen molar-refractivity contribution >= 4 is 16.0 Å². The second-order valence-electron chi connectivity index (χ2n) is 11.8. The highest BCUT2D eigenvalue weighted by molar-refractivity contribution is 7.88. The van der Waals surface area contributed by atoms with E-state index in [0.717, 1.165) is 39.1 Å². The summed E-state index contributed by atoms with van der Waals surface area (Å²) in [6.07, 6.45) is 3.32. The van der Waals surface area contributed by atoms with Gasteiger partial charge < -0.3 is 19.3 Å². The van der Waals surface area contributed by atoms with Gasteiger partial charge in [0.1, 0.15) is 35.3 Å². The van der Waals surface area contributed by atoms with Gasteiger partial charge in [-0.25, -0.2) is 17.1 Å². The fourth-order valence-electron chi connectivity index (χ4n) is 6.79. The van der Waals surface area contributed by atoms with Crippen molar-refractivity contribution in [1.82, 2.24) is 4.31 Å². The minimum Gasteiger partial charge on any atom is -0.492 e. The molecule has 3 aromatic carbocycles. The quantitative estimate of drug-likeness (QED) is 0.338. The first-order valence-corrected chi connectivity index (χ1v) is 16.5. The average Bonchev–Trinajstić information content (AvgIpc) is 3.54. The summed E-state index contributed by atoms with van der Waals surface area (Å²) in [5, 5.41) is 9.17. The van der Waals surface area contributed by atoms with Crippen molar-refractivity contribution in [3.63, 3.8) is 0 Å². The summed E-state index contributed by atoms with van der Waals surface area (Å²) in [6.45, 7) is 5.29. The van der Waals surface area contributed by atoms with Crippen molar-refractivity contribution in [2.75, 3.05) is 26.0 Å². The molecule has 0 spiro atoms. The maximum Gasteiger partial charge on any atom is 0.304 e. The largest absolute Gasteiger partial charge is 0.492 e. The highest BCUT2D eigenvalue weighted by Gasteiger charge is 2.33. The zero-order valence-electron chi connectivity index (χ0n) is 24.6. The second-order valence-corrected chi connectivity index (χ2v) is 13.8. The monoisotopic (exact) mass is 609 g/mol. The van der Waals surface area contributed by atoms with Crippen LogP contribution < -0.4 is 14.2 Å². The van der Waals surface area contributed by atoms with Gasteiger partial charge in [-0.2, -0.15) is 0 Å². The van der Waals surface area contributed by atoms with E-state index in [-0.39, 0.29) is 24.3 Å². The van der Waals surface area contributed by atoms with Crippen LogP contribution in [0.1, 0.15) is 65.5 Å². The van der Waals surface area contributed by atoms with Crippen molar-refractivity contribution in [2.24, 2.45) is 0 Å². The number of benzene rings is 3. The standard InChI is InChI=1S/C33H36FNO7S/c1-19-14-24(41-22-10-12-35(13-11-22)43(3,38)39)15-20(2)32(19)26-6-8-28(34)33-27(26)7-9-29(33)42-23-4-5-25-21(16-31(36)37)18-40-30(25)17-23/h4-6,8,14-15,17,21-22,29H,7,9-13,16,18H2,1-3H3,(H,36,37)/t21-,29-/m1/s1. The molecule has 10 heteroatoms. The second kappa shape index (κ2) is 11.5. The third kappa shape index (κ3) is 5.95. The molecule has 43 heavy (non-hydrogen) atoms. The third-order valence-electron chi connectivity index (χ3n) is 8.79. The van der Waals surface area contributed by atoms with E-state index in [1.165, 1.54) is 16.6 Å². The van der Waals surface area contributed by atoms with Gasteiger partial charge in [-0.3, -0.25) is 4.79 Å². The molecule has 8 nitrogen and oxygen atoms in total. The number of hydrogen-bond acceptors (Lipinski definition) is 6. The van der Waals surface area contributed by atoms with Crippen LogP contribution in [0.25, 0.3) is 11.1 Å². The number of carboxylic acids is 1. The van der Waals surface area contributed by atoms with E-state index in [1.54, 1.807) is 12.1 Å². The highest BCUT2D eigenvalue weighted by Crippen LogP contribution is 2.45. The molecule has 3 aromatic rings.